The first-order chi connectivity index (χ1) is 10.3. The normalized spacial score (nSPS) is 19.0. The first-order valence-electron chi connectivity index (χ1n) is 8.15. The highest BCUT2D eigenvalue weighted by molar-refractivity contribution is 5.87. The topological polar surface area (TPSA) is 90.7 Å². The van der Waals surface area contributed by atoms with Gasteiger partial charge in [0, 0.05) is 13.2 Å². The zero-order valence-corrected chi connectivity index (χ0v) is 14.1. The Morgan fingerprint density at radius 1 is 1.23 bits per heavy atom. The van der Waals surface area contributed by atoms with Crippen molar-refractivity contribution in [3.05, 3.63) is 0 Å². The molecule has 1 rings (SSSR count). The molecular weight excluding hydrogens is 284 g/mol. The third-order valence-corrected chi connectivity index (χ3v) is 3.74. The maximum Gasteiger partial charge on any atom is 0.328 e. The number of nitrogens with one attached hydrogen (secondary N) is 1. The maximum atomic E-state index is 12.3. The number of esters is 1. The van der Waals surface area contributed by atoms with Crippen LogP contribution in [-0.4, -0.2) is 43.3 Å². The minimum Gasteiger partial charge on any atom is -0.461 e. The highest BCUT2D eigenvalue weighted by Gasteiger charge is 2.30. The second kappa shape index (κ2) is 9.10. The summed E-state index contributed by atoms with van der Waals surface area (Å²) in [4.78, 5) is 24.5. The summed E-state index contributed by atoms with van der Waals surface area (Å²) < 4.78 is 10.5. The molecule has 0 spiro atoms. The van der Waals surface area contributed by atoms with Crippen LogP contribution in [-0.2, 0) is 19.1 Å². The molecule has 0 aromatic carbocycles. The largest absolute Gasteiger partial charge is 0.461 e. The number of amides is 1. The van der Waals surface area contributed by atoms with Gasteiger partial charge in [-0.1, -0.05) is 13.8 Å². The molecule has 1 fully saturated rings. The van der Waals surface area contributed by atoms with E-state index in [1.807, 2.05) is 13.8 Å². The molecule has 6 heteroatoms. The summed E-state index contributed by atoms with van der Waals surface area (Å²) in [6.45, 7) is 8.85. The van der Waals surface area contributed by atoms with Crippen molar-refractivity contribution in [2.24, 2.45) is 17.6 Å². The van der Waals surface area contributed by atoms with Gasteiger partial charge in [-0.3, -0.25) is 4.79 Å². The third kappa shape index (κ3) is 6.32. The van der Waals surface area contributed by atoms with Crippen LogP contribution in [0.2, 0.25) is 0 Å². The van der Waals surface area contributed by atoms with Gasteiger partial charge in [-0.15, -0.1) is 0 Å². The smallest absolute Gasteiger partial charge is 0.328 e. The molecule has 2 atom stereocenters. The van der Waals surface area contributed by atoms with Gasteiger partial charge in [0.25, 0.3) is 0 Å². The number of nitrogens with two attached hydrogens (primary N) is 1. The van der Waals surface area contributed by atoms with Crippen molar-refractivity contribution in [2.75, 3.05) is 13.2 Å². The van der Waals surface area contributed by atoms with Crippen LogP contribution in [0.3, 0.4) is 0 Å². The molecule has 1 heterocycles. The minimum atomic E-state index is -0.638. The van der Waals surface area contributed by atoms with Gasteiger partial charge < -0.3 is 20.5 Å². The van der Waals surface area contributed by atoms with Crippen molar-refractivity contribution in [1.82, 2.24) is 5.32 Å². The molecule has 0 aromatic heterocycles. The molecule has 0 radical (unpaired) electrons. The Morgan fingerprint density at radius 3 is 2.32 bits per heavy atom. The number of rotatable bonds is 7. The zero-order valence-electron chi connectivity index (χ0n) is 14.1. The van der Waals surface area contributed by atoms with Crippen LogP contribution < -0.4 is 11.1 Å². The van der Waals surface area contributed by atoms with Crippen LogP contribution >= 0.6 is 0 Å². The lowest BCUT2D eigenvalue weighted by Gasteiger charge is -2.28. The molecule has 0 bridgehead atoms. The molecule has 22 heavy (non-hydrogen) atoms. The fraction of sp³-hybridized carbons (Fsp3) is 0.875. The molecule has 1 unspecified atom stereocenters. The van der Waals surface area contributed by atoms with Gasteiger partial charge in [-0.25, -0.2) is 4.79 Å². The number of carbonyl (C=O) groups is 2. The highest BCUT2D eigenvalue weighted by Crippen LogP contribution is 2.18. The van der Waals surface area contributed by atoms with Crippen LogP contribution in [0.25, 0.3) is 0 Å². The molecule has 0 aliphatic carbocycles. The summed E-state index contributed by atoms with van der Waals surface area (Å²) in [5.41, 5.74) is 6.05. The minimum absolute atomic E-state index is 0.106. The SMILES string of the molecule is CC(C)C[C@H](NC(=O)C(N)C1CCOCC1)C(=O)OC(C)C. The van der Waals surface area contributed by atoms with E-state index in [0.29, 0.717) is 19.6 Å². The summed E-state index contributed by atoms with van der Waals surface area (Å²) in [5.74, 6) is -0.298. The van der Waals surface area contributed by atoms with E-state index in [9.17, 15) is 9.59 Å². The zero-order chi connectivity index (χ0) is 16.7. The Labute approximate surface area is 133 Å². The molecule has 6 nitrogen and oxygen atoms in total. The number of ether oxygens (including phenoxy) is 2. The summed E-state index contributed by atoms with van der Waals surface area (Å²) >= 11 is 0. The Kier molecular flexibility index (Phi) is 7.82. The van der Waals surface area contributed by atoms with Crippen molar-refractivity contribution >= 4 is 11.9 Å². The third-order valence-electron chi connectivity index (χ3n) is 3.74. The van der Waals surface area contributed by atoms with Crippen molar-refractivity contribution in [3.8, 4) is 0 Å². The van der Waals surface area contributed by atoms with Gasteiger partial charge in [0.2, 0.25) is 5.91 Å². The van der Waals surface area contributed by atoms with Gasteiger partial charge in [0.15, 0.2) is 0 Å². The number of hydrogen-bond acceptors (Lipinski definition) is 5. The van der Waals surface area contributed by atoms with Gasteiger partial charge in [0.1, 0.15) is 6.04 Å². The second-order valence-electron chi connectivity index (χ2n) is 6.65. The Hall–Kier alpha value is -1.14. The lowest BCUT2D eigenvalue weighted by atomic mass is 9.91. The predicted molar refractivity (Wildman–Crippen MR) is 84.1 cm³/mol. The molecule has 1 aliphatic heterocycles. The van der Waals surface area contributed by atoms with Gasteiger partial charge in [-0.2, -0.15) is 0 Å². The fourth-order valence-electron chi connectivity index (χ4n) is 2.56. The Bertz CT molecular complexity index is 365. The van der Waals surface area contributed by atoms with Crippen molar-refractivity contribution in [3.63, 3.8) is 0 Å². The fourth-order valence-corrected chi connectivity index (χ4v) is 2.56. The van der Waals surface area contributed by atoms with Crippen LogP contribution in [0.4, 0.5) is 0 Å². The summed E-state index contributed by atoms with van der Waals surface area (Å²) in [6, 6.07) is -1.24. The van der Waals surface area contributed by atoms with Crippen molar-refractivity contribution < 1.29 is 19.1 Å². The van der Waals surface area contributed by atoms with E-state index in [-0.39, 0.29) is 23.8 Å². The van der Waals surface area contributed by atoms with E-state index in [1.54, 1.807) is 13.8 Å². The molecular formula is C16H30N2O4. The Balaban J connectivity index is 2.62. The van der Waals surface area contributed by atoms with E-state index in [1.165, 1.54) is 0 Å². The quantitative estimate of drug-likeness (QED) is 0.690. The molecule has 1 amide bonds. The first-order valence-corrected chi connectivity index (χ1v) is 8.15. The molecule has 0 saturated carbocycles. The molecule has 3 N–H and O–H groups in total. The van der Waals surface area contributed by atoms with Crippen molar-refractivity contribution in [1.29, 1.82) is 0 Å². The van der Waals surface area contributed by atoms with E-state index in [2.05, 4.69) is 5.32 Å². The van der Waals surface area contributed by atoms with Crippen LogP contribution in [0.5, 0.6) is 0 Å². The van der Waals surface area contributed by atoms with E-state index in [0.717, 1.165) is 12.8 Å². The lowest BCUT2D eigenvalue weighted by molar-refractivity contribution is -0.152. The van der Waals surface area contributed by atoms with E-state index < -0.39 is 18.1 Å². The maximum absolute atomic E-state index is 12.3. The van der Waals surface area contributed by atoms with Crippen LogP contribution in [0, 0.1) is 11.8 Å². The van der Waals surface area contributed by atoms with Gasteiger partial charge in [-0.05, 0) is 44.9 Å². The molecule has 0 aromatic rings. The van der Waals surface area contributed by atoms with E-state index >= 15 is 0 Å². The summed E-state index contributed by atoms with van der Waals surface area (Å²) in [5, 5.41) is 2.77. The Morgan fingerprint density at radius 2 is 1.82 bits per heavy atom. The molecule has 1 saturated heterocycles. The highest BCUT2D eigenvalue weighted by atomic mass is 16.5. The van der Waals surface area contributed by atoms with Crippen LogP contribution in [0.15, 0.2) is 0 Å². The summed E-state index contributed by atoms with van der Waals surface area (Å²) in [6.07, 6.45) is 1.89. The first kappa shape index (κ1) is 18.9. The van der Waals surface area contributed by atoms with Gasteiger partial charge in [0.05, 0.1) is 12.1 Å². The monoisotopic (exact) mass is 314 g/mol. The summed E-state index contributed by atoms with van der Waals surface area (Å²) in [7, 11) is 0. The van der Waals surface area contributed by atoms with Crippen LogP contribution in [0.1, 0.15) is 47.0 Å². The second-order valence-corrected chi connectivity index (χ2v) is 6.65. The average molecular weight is 314 g/mol. The standard InChI is InChI=1S/C16H30N2O4/c1-10(2)9-13(16(20)22-11(3)4)18-15(19)14(17)12-5-7-21-8-6-12/h10-14H,5-9,17H2,1-4H3,(H,18,19)/t13-,14?/m0/s1. The van der Waals surface area contributed by atoms with Crippen molar-refractivity contribution in [2.45, 2.75) is 65.1 Å². The number of carbonyl (C=O) groups excluding carboxylic acids is 2. The average Bonchev–Trinajstić information content (AvgIpc) is 2.45. The lowest BCUT2D eigenvalue weighted by Crippen LogP contribution is -2.52. The molecule has 1 aliphatic rings. The molecule has 128 valence electrons. The van der Waals surface area contributed by atoms with E-state index in [4.69, 9.17) is 15.2 Å². The number of hydrogen-bond donors (Lipinski definition) is 2. The van der Waals surface area contributed by atoms with Gasteiger partial charge >= 0.3 is 5.97 Å². The predicted octanol–water partition coefficient (Wildman–Crippen LogP) is 1.22.